The Bertz CT molecular complexity index is 560. The Hall–Kier alpha value is -1.47. The molecule has 0 bridgehead atoms. The van der Waals surface area contributed by atoms with Crippen LogP contribution < -0.4 is 0 Å². The molecule has 0 aliphatic carbocycles. The van der Waals surface area contributed by atoms with Crippen molar-refractivity contribution in [2.24, 2.45) is 0 Å². The molecule has 0 saturated carbocycles. The summed E-state index contributed by atoms with van der Waals surface area (Å²) in [5.74, 6) is -0.448. The highest BCUT2D eigenvalue weighted by Gasteiger charge is 2.11. The van der Waals surface area contributed by atoms with Gasteiger partial charge in [0.15, 0.2) is 0 Å². The summed E-state index contributed by atoms with van der Waals surface area (Å²) in [6, 6.07) is 4.94. The third kappa shape index (κ3) is 1.73. The predicted molar refractivity (Wildman–Crippen MR) is 49.1 cm³/mol. The highest BCUT2D eigenvalue weighted by atomic mass is 32.2. The van der Waals surface area contributed by atoms with Gasteiger partial charge in [-0.2, -0.15) is 23.8 Å². The molecule has 6 nitrogen and oxygen atoms in total. The minimum Gasteiger partial charge on any atom is -0.285 e. The van der Waals surface area contributed by atoms with Crippen LogP contribution in [0.2, 0.25) is 0 Å². The molecule has 2 N–H and O–H groups in total. The molecule has 0 radical (unpaired) electrons. The summed E-state index contributed by atoms with van der Waals surface area (Å²) in [6.07, 6.45) is 0. The number of hydrogen-bond donors (Lipinski definition) is 2. The van der Waals surface area contributed by atoms with Crippen molar-refractivity contribution in [1.29, 1.82) is 0 Å². The highest BCUT2D eigenvalue weighted by molar-refractivity contribution is 7.85. The number of nitrogens with zero attached hydrogens (tertiary/aromatic N) is 2. The molecule has 0 unspecified atom stereocenters. The van der Waals surface area contributed by atoms with E-state index >= 15 is 0 Å². The average Bonchev–Trinajstić information content (AvgIpc) is 2.49. The van der Waals surface area contributed by atoms with Gasteiger partial charge in [-0.3, -0.25) is 4.55 Å². The van der Waals surface area contributed by atoms with Crippen molar-refractivity contribution in [2.75, 3.05) is 0 Å². The maximum Gasteiger partial charge on any atom is 0.269 e. The van der Waals surface area contributed by atoms with Crippen LogP contribution in [0.4, 0.5) is 0 Å². The van der Waals surface area contributed by atoms with E-state index in [2.05, 4.69) is 15.4 Å². The number of benzene rings is 1. The van der Waals surface area contributed by atoms with Crippen LogP contribution in [0.1, 0.15) is 5.56 Å². The number of nitrogens with one attached hydrogen (secondary N) is 1. The zero-order valence-electron chi connectivity index (χ0n) is 7.01. The molecule has 1 aromatic carbocycles. The molecule has 1 aromatic heterocycles. The Morgan fingerprint density at radius 1 is 1.36 bits per heavy atom. The monoisotopic (exact) mass is 213 g/mol. The standard InChI is InChI=1S/C7H7N3O3S/c11-14(12,13)4-5-2-1-3-6-7(5)9-10-8-6/h1-3H,4H2,(H,8,9,10)(H,11,12,13). The maximum absolute atomic E-state index is 10.7. The number of rotatable bonds is 2. The molecule has 0 amide bonds. The van der Waals surface area contributed by atoms with E-state index in [4.69, 9.17) is 4.55 Å². The smallest absolute Gasteiger partial charge is 0.269 e. The lowest BCUT2D eigenvalue weighted by atomic mass is 10.2. The molecule has 74 valence electrons. The number of H-pyrrole nitrogens is 1. The number of aromatic amines is 1. The minimum atomic E-state index is -4.03. The summed E-state index contributed by atoms with van der Waals surface area (Å²) >= 11 is 0. The second-order valence-electron chi connectivity index (χ2n) is 2.83. The van der Waals surface area contributed by atoms with Crippen LogP contribution in [0.3, 0.4) is 0 Å². The molecule has 0 aliphatic heterocycles. The lowest BCUT2D eigenvalue weighted by Gasteiger charge is -1.97. The van der Waals surface area contributed by atoms with Crippen LogP contribution in [0.15, 0.2) is 18.2 Å². The average molecular weight is 213 g/mol. The van der Waals surface area contributed by atoms with Crippen molar-refractivity contribution in [3.63, 3.8) is 0 Å². The van der Waals surface area contributed by atoms with E-state index in [1.807, 2.05) is 0 Å². The minimum absolute atomic E-state index is 0.429. The van der Waals surface area contributed by atoms with Gasteiger partial charge in [-0.15, -0.1) is 0 Å². The molecule has 7 heteroatoms. The molecule has 0 fully saturated rings. The summed E-state index contributed by atoms with van der Waals surface area (Å²) < 4.78 is 30.0. The van der Waals surface area contributed by atoms with E-state index in [0.717, 1.165) is 0 Å². The van der Waals surface area contributed by atoms with E-state index in [0.29, 0.717) is 16.6 Å². The lowest BCUT2D eigenvalue weighted by molar-refractivity contribution is 0.482. The van der Waals surface area contributed by atoms with Crippen molar-refractivity contribution in [1.82, 2.24) is 15.4 Å². The Morgan fingerprint density at radius 3 is 2.86 bits per heavy atom. The zero-order valence-corrected chi connectivity index (χ0v) is 7.82. The third-order valence-electron chi connectivity index (χ3n) is 1.77. The molecule has 0 aliphatic rings. The van der Waals surface area contributed by atoms with Crippen LogP contribution in [-0.4, -0.2) is 28.4 Å². The maximum atomic E-state index is 10.7. The second-order valence-corrected chi connectivity index (χ2v) is 4.29. The Balaban J connectivity index is 2.57. The summed E-state index contributed by atoms with van der Waals surface area (Å²) in [5.41, 5.74) is 1.47. The summed E-state index contributed by atoms with van der Waals surface area (Å²) in [6.45, 7) is 0. The highest BCUT2D eigenvalue weighted by Crippen LogP contribution is 2.15. The van der Waals surface area contributed by atoms with Gasteiger partial charge < -0.3 is 0 Å². The summed E-state index contributed by atoms with van der Waals surface area (Å²) in [5, 5.41) is 9.98. The van der Waals surface area contributed by atoms with Gasteiger partial charge in [0.1, 0.15) is 16.8 Å². The Morgan fingerprint density at radius 2 is 2.14 bits per heavy atom. The van der Waals surface area contributed by atoms with Crippen LogP contribution in [0.5, 0.6) is 0 Å². The first kappa shape index (κ1) is 9.10. The molecule has 2 rings (SSSR count). The number of para-hydroxylation sites is 1. The van der Waals surface area contributed by atoms with Gasteiger partial charge in [-0.25, -0.2) is 0 Å². The van der Waals surface area contributed by atoms with E-state index in [-0.39, 0.29) is 0 Å². The summed E-state index contributed by atoms with van der Waals surface area (Å²) in [7, 11) is -4.03. The predicted octanol–water partition coefficient (Wildman–Crippen LogP) is 0.346. The van der Waals surface area contributed by atoms with E-state index < -0.39 is 15.9 Å². The SMILES string of the molecule is O=S(=O)(O)Cc1cccc2n[nH]nc12. The fourth-order valence-electron chi connectivity index (χ4n) is 1.24. The van der Waals surface area contributed by atoms with Crippen molar-refractivity contribution in [2.45, 2.75) is 5.75 Å². The zero-order chi connectivity index (χ0) is 10.2. The van der Waals surface area contributed by atoms with Crippen LogP contribution in [-0.2, 0) is 15.9 Å². The van der Waals surface area contributed by atoms with Gasteiger partial charge in [-0.05, 0) is 11.6 Å². The number of hydrogen-bond acceptors (Lipinski definition) is 4. The molecule has 0 saturated heterocycles. The van der Waals surface area contributed by atoms with E-state index in [1.54, 1.807) is 18.2 Å². The number of aromatic nitrogens is 3. The normalized spacial score (nSPS) is 12.1. The molecule has 14 heavy (non-hydrogen) atoms. The lowest BCUT2D eigenvalue weighted by Crippen LogP contribution is -2.01. The topological polar surface area (TPSA) is 95.9 Å². The van der Waals surface area contributed by atoms with Crippen molar-refractivity contribution in [3.05, 3.63) is 23.8 Å². The van der Waals surface area contributed by atoms with Crippen LogP contribution in [0, 0.1) is 0 Å². The first-order valence-corrected chi connectivity index (χ1v) is 5.41. The van der Waals surface area contributed by atoms with Gasteiger partial charge in [-0.1, -0.05) is 12.1 Å². The van der Waals surface area contributed by atoms with Gasteiger partial charge >= 0.3 is 0 Å². The van der Waals surface area contributed by atoms with Gasteiger partial charge in [0.05, 0.1) is 0 Å². The van der Waals surface area contributed by atoms with Crippen LogP contribution in [0.25, 0.3) is 11.0 Å². The van der Waals surface area contributed by atoms with Gasteiger partial charge in [0, 0.05) is 0 Å². The number of fused-ring (bicyclic) bond motifs is 1. The quantitative estimate of drug-likeness (QED) is 0.701. The first-order valence-electron chi connectivity index (χ1n) is 3.80. The van der Waals surface area contributed by atoms with E-state index in [9.17, 15) is 8.42 Å². The molecular weight excluding hydrogens is 206 g/mol. The van der Waals surface area contributed by atoms with Crippen molar-refractivity contribution < 1.29 is 13.0 Å². The Kier molecular flexibility index (Phi) is 1.97. The molecule has 2 aromatic rings. The summed E-state index contributed by atoms with van der Waals surface area (Å²) in [4.78, 5) is 0. The first-order chi connectivity index (χ1) is 6.56. The largest absolute Gasteiger partial charge is 0.285 e. The van der Waals surface area contributed by atoms with Crippen molar-refractivity contribution in [3.8, 4) is 0 Å². The van der Waals surface area contributed by atoms with Gasteiger partial charge in [0.25, 0.3) is 10.1 Å². The van der Waals surface area contributed by atoms with E-state index in [1.165, 1.54) is 0 Å². The van der Waals surface area contributed by atoms with Gasteiger partial charge in [0.2, 0.25) is 0 Å². The second kappa shape index (κ2) is 3.03. The fraction of sp³-hybridized carbons (Fsp3) is 0.143. The molecular formula is C7H7N3O3S. The molecule has 1 heterocycles. The Labute approximate surface area is 79.7 Å². The molecule has 0 spiro atoms. The third-order valence-corrected chi connectivity index (χ3v) is 2.44. The van der Waals surface area contributed by atoms with Crippen molar-refractivity contribution >= 4 is 21.2 Å². The fourth-order valence-corrected chi connectivity index (χ4v) is 1.86. The molecule has 0 atom stereocenters. The van der Waals surface area contributed by atoms with Crippen LogP contribution >= 0.6 is 0 Å².